The zero-order valence-corrected chi connectivity index (χ0v) is 14.5. The van der Waals surface area contributed by atoms with Crippen LogP contribution >= 0.6 is 11.3 Å². The lowest BCUT2D eigenvalue weighted by Gasteiger charge is -2.11. The Morgan fingerprint density at radius 2 is 2.04 bits per heavy atom. The molecule has 3 rings (SSSR count). The second kappa shape index (κ2) is 7.15. The van der Waals surface area contributed by atoms with Crippen molar-refractivity contribution in [1.82, 2.24) is 0 Å². The van der Waals surface area contributed by atoms with Crippen molar-refractivity contribution < 1.29 is 14.9 Å². The fraction of sp³-hybridized carbons (Fsp3) is 0.333. The quantitative estimate of drug-likeness (QED) is 0.743. The first-order valence-corrected chi connectivity index (χ1v) is 9.00. The van der Waals surface area contributed by atoms with E-state index in [2.05, 4.69) is 12.2 Å². The zero-order chi connectivity index (χ0) is 17.1. The van der Waals surface area contributed by atoms with Crippen molar-refractivity contribution in [3.63, 3.8) is 0 Å². The van der Waals surface area contributed by atoms with E-state index in [1.807, 2.05) is 35.6 Å². The number of primary amides is 1. The van der Waals surface area contributed by atoms with Crippen LogP contribution in [0.25, 0.3) is 0 Å². The average Bonchev–Trinajstić information content (AvgIpc) is 3.13. The fourth-order valence-electron chi connectivity index (χ4n) is 3.11. The molecule has 1 aliphatic rings. The van der Waals surface area contributed by atoms with Crippen LogP contribution in [0.3, 0.4) is 0 Å². The Hall–Kier alpha value is -2.18. The highest BCUT2D eigenvalue weighted by atomic mass is 32.1. The molecule has 2 amide bonds. The summed E-state index contributed by atoms with van der Waals surface area (Å²) in [5, 5.41) is 5.47. The van der Waals surface area contributed by atoms with Gasteiger partial charge in [-0.1, -0.05) is 30.3 Å². The van der Waals surface area contributed by atoms with E-state index in [0.29, 0.717) is 17.1 Å². The highest BCUT2D eigenvalue weighted by Gasteiger charge is 2.26. The Labute approximate surface area is 145 Å². The number of aryl methyl sites for hydroxylation is 1. The average molecular weight is 344 g/mol. The maximum absolute atomic E-state index is 12.3. The topological polar surface area (TPSA) is 88.8 Å². The first kappa shape index (κ1) is 16.7. The molecule has 1 heterocycles. The summed E-state index contributed by atoms with van der Waals surface area (Å²) in [5.74, 6) is -0.563. The Balaban J connectivity index is 1.63. The van der Waals surface area contributed by atoms with Gasteiger partial charge in [0.1, 0.15) is 11.0 Å². The van der Waals surface area contributed by atoms with Crippen LogP contribution in [-0.2, 0) is 17.6 Å². The molecule has 0 spiro atoms. The van der Waals surface area contributed by atoms with Crippen LogP contribution in [0.5, 0.6) is 0 Å². The summed E-state index contributed by atoms with van der Waals surface area (Å²) in [6.45, 7) is 2.37. The molecular formula is C18H22N3O2S+. The van der Waals surface area contributed by atoms with E-state index in [1.54, 1.807) is 0 Å². The first-order valence-electron chi connectivity index (χ1n) is 8.18. The molecule has 0 aliphatic heterocycles. The molecule has 126 valence electrons. The third-order valence-corrected chi connectivity index (χ3v) is 5.61. The molecule has 5 nitrogen and oxygen atoms in total. The van der Waals surface area contributed by atoms with Gasteiger partial charge in [-0.15, -0.1) is 11.3 Å². The van der Waals surface area contributed by atoms with Crippen LogP contribution in [0.2, 0.25) is 0 Å². The summed E-state index contributed by atoms with van der Waals surface area (Å²) in [6, 6.07) is 10.3. The fourth-order valence-corrected chi connectivity index (χ4v) is 4.42. The number of rotatable bonds is 6. The predicted octanol–water partition coefficient (Wildman–Crippen LogP) is 1.60. The van der Waals surface area contributed by atoms with E-state index in [9.17, 15) is 9.59 Å². The summed E-state index contributed by atoms with van der Waals surface area (Å²) in [6.07, 6.45) is 2.89. The lowest BCUT2D eigenvalue weighted by atomic mass is 10.1. The maximum Gasteiger partial charge on any atom is 0.280 e. The van der Waals surface area contributed by atoms with Crippen LogP contribution in [0, 0.1) is 0 Å². The van der Waals surface area contributed by atoms with Gasteiger partial charge in [-0.25, -0.2) is 0 Å². The van der Waals surface area contributed by atoms with Gasteiger partial charge in [-0.3, -0.25) is 9.59 Å². The molecule has 1 aliphatic carbocycles. The van der Waals surface area contributed by atoms with E-state index in [-0.39, 0.29) is 11.9 Å². The van der Waals surface area contributed by atoms with Crippen molar-refractivity contribution in [3.05, 3.63) is 51.9 Å². The Morgan fingerprint density at radius 3 is 2.75 bits per heavy atom. The number of hydrogen-bond donors (Lipinski definition) is 3. The molecule has 5 N–H and O–H groups in total. The molecule has 0 fully saturated rings. The van der Waals surface area contributed by atoms with Crippen LogP contribution in [0.4, 0.5) is 5.00 Å². The Kier molecular flexibility index (Phi) is 4.97. The zero-order valence-electron chi connectivity index (χ0n) is 13.7. The predicted molar refractivity (Wildman–Crippen MR) is 95.1 cm³/mol. The molecule has 1 atom stereocenters. The third kappa shape index (κ3) is 3.49. The van der Waals surface area contributed by atoms with Crippen LogP contribution in [0.15, 0.2) is 30.3 Å². The molecule has 2 aromatic rings. The van der Waals surface area contributed by atoms with Gasteiger partial charge in [0.05, 0.1) is 5.56 Å². The molecule has 24 heavy (non-hydrogen) atoms. The number of carbonyl (C=O) groups is 2. The van der Waals surface area contributed by atoms with Gasteiger partial charge < -0.3 is 16.4 Å². The van der Waals surface area contributed by atoms with Crippen molar-refractivity contribution >= 4 is 28.2 Å². The summed E-state index contributed by atoms with van der Waals surface area (Å²) in [5.41, 5.74) is 8.24. The largest absolute Gasteiger partial charge is 0.365 e. The van der Waals surface area contributed by atoms with E-state index < -0.39 is 5.91 Å². The number of quaternary nitrogens is 1. The Morgan fingerprint density at radius 1 is 1.29 bits per heavy atom. The van der Waals surface area contributed by atoms with E-state index >= 15 is 0 Å². The number of fused-ring (bicyclic) bond motifs is 1. The number of benzene rings is 1. The second-order valence-corrected chi connectivity index (χ2v) is 7.22. The van der Waals surface area contributed by atoms with E-state index in [1.165, 1.54) is 21.8 Å². The van der Waals surface area contributed by atoms with Gasteiger partial charge in [-0.05, 0) is 31.7 Å². The summed E-state index contributed by atoms with van der Waals surface area (Å²) < 4.78 is 0. The molecule has 0 bridgehead atoms. The minimum Gasteiger partial charge on any atom is -0.365 e. The molecule has 0 unspecified atom stereocenters. The van der Waals surface area contributed by atoms with E-state index in [4.69, 9.17) is 5.73 Å². The third-order valence-electron chi connectivity index (χ3n) is 4.40. The van der Waals surface area contributed by atoms with Gasteiger partial charge in [0, 0.05) is 10.4 Å². The molecule has 0 radical (unpaired) electrons. The summed E-state index contributed by atoms with van der Waals surface area (Å²) in [7, 11) is 0. The molecule has 1 aromatic carbocycles. The van der Waals surface area contributed by atoms with Crippen molar-refractivity contribution in [2.45, 2.75) is 32.2 Å². The minimum absolute atomic E-state index is 0.111. The van der Waals surface area contributed by atoms with E-state index in [0.717, 1.165) is 24.8 Å². The van der Waals surface area contributed by atoms with Gasteiger partial charge in [0.15, 0.2) is 6.54 Å². The highest BCUT2D eigenvalue weighted by molar-refractivity contribution is 7.17. The Bertz CT molecular complexity index is 755. The smallest absolute Gasteiger partial charge is 0.280 e. The van der Waals surface area contributed by atoms with Gasteiger partial charge in [-0.2, -0.15) is 0 Å². The first-order chi connectivity index (χ1) is 11.6. The van der Waals surface area contributed by atoms with Crippen molar-refractivity contribution in [1.29, 1.82) is 0 Å². The molecular weight excluding hydrogens is 322 g/mol. The van der Waals surface area contributed by atoms with Gasteiger partial charge in [0.25, 0.3) is 11.8 Å². The second-order valence-electron chi connectivity index (χ2n) is 6.11. The number of hydrogen-bond acceptors (Lipinski definition) is 3. The molecule has 0 saturated heterocycles. The molecule has 6 heteroatoms. The van der Waals surface area contributed by atoms with Crippen molar-refractivity contribution in [3.8, 4) is 0 Å². The monoisotopic (exact) mass is 344 g/mol. The van der Waals surface area contributed by atoms with Crippen molar-refractivity contribution in [2.75, 3.05) is 11.9 Å². The minimum atomic E-state index is -0.452. The number of amides is 2. The lowest BCUT2D eigenvalue weighted by Crippen LogP contribution is -2.86. The van der Waals surface area contributed by atoms with Gasteiger partial charge in [0.2, 0.25) is 0 Å². The number of carbonyl (C=O) groups excluding carboxylic acids is 2. The number of thiophene rings is 1. The summed E-state index contributed by atoms with van der Waals surface area (Å²) >= 11 is 1.49. The number of anilines is 1. The van der Waals surface area contributed by atoms with Gasteiger partial charge >= 0.3 is 0 Å². The standard InChI is InChI=1S/C18H21N3O2S/c1-11(12-6-3-2-4-7-12)20-10-15(22)21-18-16(17(19)23)13-8-5-9-14(13)24-18/h2-4,6-7,11,20H,5,8-10H2,1H3,(H2,19,23)(H,21,22)/p+1/t11-/m0/s1. The lowest BCUT2D eigenvalue weighted by molar-refractivity contribution is -0.682. The molecule has 0 saturated carbocycles. The highest BCUT2D eigenvalue weighted by Crippen LogP contribution is 2.38. The van der Waals surface area contributed by atoms with Crippen LogP contribution in [0.1, 0.15) is 45.7 Å². The number of nitrogens with two attached hydrogens (primary N) is 2. The van der Waals surface area contributed by atoms with Crippen molar-refractivity contribution in [2.24, 2.45) is 5.73 Å². The summed E-state index contributed by atoms with van der Waals surface area (Å²) in [4.78, 5) is 25.2. The normalized spacial score (nSPS) is 14.2. The molecule has 1 aromatic heterocycles. The van der Waals surface area contributed by atoms with Crippen LogP contribution < -0.4 is 16.4 Å². The SMILES string of the molecule is C[C@H]([NH2+]CC(=O)Nc1sc2c(c1C(N)=O)CCC2)c1ccccc1. The maximum atomic E-state index is 12.3. The van der Waals surface area contributed by atoms with Crippen LogP contribution in [-0.4, -0.2) is 18.4 Å². The number of nitrogens with one attached hydrogen (secondary N) is 1.